The zero-order valence-electron chi connectivity index (χ0n) is 13.6. The lowest BCUT2D eigenvalue weighted by Crippen LogP contribution is -2.29. The van der Waals surface area contributed by atoms with Crippen LogP contribution in [0.2, 0.25) is 10.0 Å². The predicted octanol–water partition coefficient (Wildman–Crippen LogP) is 5.98. The topological polar surface area (TPSA) is 21.3 Å². The van der Waals surface area contributed by atoms with Crippen molar-refractivity contribution in [3.63, 3.8) is 0 Å². The number of hydrogen-bond acceptors (Lipinski definition) is 2. The molecular weight excluding hydrogens is 317 g/mol. The molecule has 2 nitrogen and oxygen atoms in total. The van der Waals surface area contributed by atoms with Crippen molar-refractivity contribution in [2.75, 3.05) is 0 Å². The van der Waals surface area contributed by atoms with Crippen LogP contribution in [0.1, 0.15) is 64.4 Å². The smallest absolute Gasteiger partial charge is 0.156 e. The van der Waals surface area contributed by atoms with Gasteiger partial charge in [-0.15, -0.1) is 0 Å². The van der Waals surface area contributed by atoms with Crippen molar-refractivity contribution in [2.45, 2.75) is 77.5 Å². The fourth-order valence-electron chi connectivity index (χ4n) is 2.99. The van der Waals surface area contributed by atoms with E-state index in [1.807, 2.05) is 26.0 Å². The molecule has 124 valence electrons. The molecule has 0 aromatic heterocycles. The van der Waals surface area contributed by atoms with Gasteiger partial charge in [0.25, 0.3) is 0 Å². The molecule has 0 heterocycles. The molecule has 0 amide bonds. The Balaban J connectivity index is 1.94. The average molecular weight is 344 g/mol. The Hall–Kier alpha value is -0.440. The van der Waals surface area contributed by atoms with Crippen LogP contribution in [-0.2, 0) is 6.54 Å². The number of ether oxygens (including phenoxy) is 1. The SMILES string of the molecule is CC(C)Oc1c(Cl)cc(CNC2CCCCCCC2)cc1Cl. The van der Waals surface area contributed by atoms with E-state index in [1.54, 1.807) is 0 Å². The summed E-state index contributed by atoms with van der Waals surface area (Å²) < 4.78 is 5.67. The molecule has 1 N–H and O–H groups in total. The first-order valence-electron chi connectivity index (χ1n) is 8.44. The minimum Gasteiger partial charge on any atom is -0.488 e. The van der Waals surface area contributed by atoms with Crippen LogP contribution in [0.5, 0.6) is 5.75 Å². The summed E-state index contributed by atoms with van der Waals surface area (Å²) in [6.45, 7) is 4.75. The van der Waals surface area contributed by atoms with E-state index in [-0.39, 0.29) is 6.10 Å². The first-order valence-corrected chi connectivity index (χ1v) is 9.20. The highest BCUT2D eigenvalue weighted by Crippen LogP contribution is 2.35. The molecule has 0 spiro atoms. The van der Waals surface area contributed by atoms with Crippen LogP contribution in [0, 0.1) is 0 Å². The van der Waals surface area contributed by atoms with E-state index in [1.165, 1.54) is 44.9 Å². The van der Waals surface area contributed by atoms with E-state index >= 15 is 0 Å². The van der Waals surface area contributed by atoms with Gasteiger partial charge in [0.05, 0.1) is 16.1 Å². The van der Waals surface area contributed by atoms with Crippen molar-refractivity contribution in [1.29, 1.82) is 0 Å². The van der Waals surface area contributed by atoms with Gasteiger partial charge in [-0.1, -0.05) is 55.3 Å². The quantitative estimate of drug-likeness (QED) is 0.709. The molecule has 0 radical (unpaired) electrons. The lowest BCUT2D eigenvalue weighted by Gasteiger charge is -2.21. The van der Waals surface area contributed by atoms with Crippen LogP contribution in [0.25, 0.3) is 0 Å². The Kier molecular flexibility index (Phi) is 7.33. The molecule has 2 rings (SSSR count). The normalized spacial score (nSPS) is 17.3. The lowest BCUT2D eigenvalue weighted by molar-refractivity contribution is 0.242. The maximum absolute atomic E-state index is 6.31. The summed E-state index contributed by atoms with van der Waals surface area (Å²) in [5.74, 6) is 0.591. The van der Waals surface area contributed by atoms with Gasteiger partial charge in [0.1, 0.15) is 0 Å². The standard InChI is InChI=1S/C18H27Cl2NO/c1-13(2)22-18-16(19)10-14(11-17(18)20)12-21-15-8-6-4-3-5-7-9-15/h10-11,13,15,21H,3-9,12H2,1-2H3. The molecule has 0 atom stereocenters. The molecular formula is C18H27Cl2NO. The van der Waals surface area contributed by atoms with Crippen molar-refractivity contribution in [2.24, 2.45) is 0 Å². The van der Waals surface area contributed by atoms with Crippen LogP contribution in [0.4, 0.5) is 0 Å². The zero-order chi connectivity index (χ0) is 15.9. The van der Waals surface area contributed by atoms with Crippen molar-refractivity contribution in [1.82, 2.24) is 5.32 Å². The minimum absolute atomic E-state index is 0.0638. The van der Waals surface area contributed by atoms with Crippen molar-refractivity contribution >= 4 is 23.2 Å². The van der Waals surface area contributed by atoms with Gasteiger partial charge in [-0.3, -0.25) is 0 Å². The molecule has 1 aliphatic carbocycles. The van der Waals surface area contributed by atoms with Crippen LogP contribution < -0.4 is 10.1 Å². The van der Waals surface area contributed by atoms with E-state index in [0.29, 0.717) is 21.8 Å². The highest BCUT2D eigenvalue weighted by molar-refractivity contribution is 6.37. The van der Waals surface area contributed by atoms with Gasteiger partial charge in [-0.25, -0.2) is 0 Å². The molecule has 0 saturated heterocycles. The van der Waals surface area contributed by atoms with Crippen LogP contribution in [0.3, 0.4) is 0 Å². The third-order valence-corrected chi connectivity index (χ3v) is 4.67. The Bertz CT molecular complexity index is 445. The van der Waals surface area contributed by atoms with Crippen molar-refractivity contribution < 1.29 is 4.74 Å². The van der Waals surface area contributed by atoms with E-state index < -0.39 is 0 Å². The maximum Gasteiger partial charge on any atom is 0.156 e. The molecule has 22 heavy (non-hydrogen) atoms. The number of rotatable bonds is 5. The monoisotopic (exact) mass is 343 g/mol. The molecule has 1 aromatic rings. The number of benzene rings is 1. The Morgan fingerprint density at radius 2 is 1.59 bits per heavy atom. The van der Waals surface area contributed by atoms with Gasteiger partial charge >= 0.3 is 0 Å². The maximum atomic E-state index is 6.31. The average Bonchev–Trinajstić information content (AvgIpc) is 2.41. The minimum atomic E-state index is 0.0638. The van der Waals surface area contributed by atoms with E-state index in [2.05, 4.69) is 5.32 Å². The van der Waals surface area contributed by atoms with Crippen molar-refractivity contribution in [3.05, 3.63) is 27.7 Å². The number of halogens is 2. The van der Waals surface area contributed by atoms with Gasteiger partial charge in [-0.05, 0) is 44.4 Å². The van der Waals surface area contributed by atoms with Gasteiger partial charge < -0.3 is 10.1 Å². The summed E-state index contributed by atoms with van der Waals surface area (Å²) in [4.78, 5) is 0. The number of hydrogen-bond donors (Lipinski definition) is 1. The third-order valence-electron chi connectivity index (χ3n) is 4.11. The largest absolute Gasteiger partial charge is 0.488 e. The molecule has 0 bridgehead atoms. The Labute approximate surface area is 144 Å². The molecule has 1 aromatic carbocycles. The van der Waals surface area contributed by atoms with Crippen LogP contribution >= 0.6 is 23.2 Å². The molecule has 0 aliphatic heterocycles. The van der Waals surface area contributed by atoms with Gasteiger partial charge in [0.2, 0.25) is 0 Å². The lowest BCUT2D eigenvalue weighted by atomic mass is 9.96. The summed E-state index contributed by atoms with van der Waals surface area (Å²) in [6, 6.07) is 4.53. The fraction of sp³-hybridized carbons (Fsp3) is 0.667. The molecule has 4 heteroatoms. The number of nitrogens with one attached hydrogen (secondary N) is 1. The van der Waals surface area contributed by atoms with E-state index in [9.17, 15) is 0 Å². The second-order valence-electron chi connectivity index (χ2n) is 6.48. The third kappa shape index (κ3) is 5.64. The fourth-order valence-corrected chi connectivity index (χ4v) is 3.61. The molecule has 0 unspecified atom stereocenters. The Morgan fingerprint density at radius 3 is 2.14 bits per heavy atom. The first kappa shape index (κ1) is 17.9. The summed E-state index contributed by atoms with van der Waals surface area (Å²) in [7, 11) is 0. The van der Waals surface area contributed by atoms with E-state index in [0.717, 1.165) is 12.1 Å². The summed E-state index contributed by atoms with van der Waals surface area (Å²) >= 11 is 12.6. The summed E-state index contributed by atoms with van der Waals surface area (Å²) in [5.41, 5.74) is 1.12. The van der Waals surface area contributed by atoms with Gasteiger partial charge in [0, 0.05) is 12.6 Å². The molecule has 1 saturated carbocycles. The Morgan fingerprint density at radius 1 is 1.05 bits per heavy atom. The first-order chi connectivity index (χ1) is 10.6. The molecule has 1 aliphatic rings. The van der Waals surface area contributed by atoms with E-state index in [4.69, 9.17) is 27.9 Å². The van der Waals surface area contributed by atoms with Gasteiger partial charge in [0.15, 0.2) is 5.75 Å². The predicted molar refractivity (Wildman–Crippen MR) is 95.2 cm³/mol. The molecule has 1 fully saturated rings. The highest BCUT2D eigenvalue weighted by atomic mass is 35.5. The van der Waals surface area contributed by atoms with Crippen LogP contribution in [0.15, 0.2) is 12.1 Å². The summed E-state index contributed by atoms with van der Waals surface area (Å²) in [5, 5.41) is 4.85. The zero-order valence-corrected chi connectivity index (χ0v) is 15.1. The second-order valence-corrected chi connectivity index (χ2v) is 7.29. The summed E-state index contributed by atoms with van der Waals surface area (Å²) in [6.07, 6.45) is 9.42. The van der Waals surface area contributed by atoms with Gasteiger partial charge in [-0.2, -0.15) is 0 Å². The second kappa shape index (κ2) is 9.00. The van der Waals surface area contributed by atoms with Crippen LogP contribution in [-0.4, -0.2) is 12.1 Å². The highest BCUT2D eigenvalue weighted by Gasteiger charge is 2.14. The van der Waals surface area contributed by atoms with Crippen molar-refractivity contribution in [3.8, 4) is 5.75 Å².